The van der Waals surface area contributed by atoms with Gasteiger partial charge in [-0.05, 0) is 19.2 Å². The van der Waals surface area contributed by atoms with Crippen molar-refractivity contribution in [1.82, 2.24) is 4.90 Å². The first-order valence-corrected chi connectivity index (χ1v) is 6.67. The number of fused-ring (bicyclic) bond motifs is 1. The van der Waals surface area contributed by atoms with E-state index in [0.29, 0.717) is 16.0 Å². The highest BCUT2D eigenvalue weighted by molar-refractivity contribution is 6.31. The Morgan fingerprint density at radius 3 is 2.68 bits per heavy atom. The van der Waals surface area contributed by atoms with Crippen LogP contribution in [0.1, 0.15) is 0 Å². The molecule has 3 rings (SSSR count). The Hall–Kier alpha value is -1.52. The van der Waals surface area contributed by atoms with Crippen LogP contribution in [0, 0.1) is 0 Å². The molecule has 0 bridgehead atoms. The smallest absolute Gasteiger partial charge is 0.192 e. The summed E-state index contributed by atoms with van der Waals surface area (Å²) >= 11 is 6.13. The van der Waals surface area contributed by atoms with Crippen LogP contribution >= 0.6 is 11.6 Å². The molecular formula is C14H15ClN2O2. The van der Waals surface area contributed by atoms with E-state index >= 15 is 0 Å². The molecule has 19 heavy (non-hydrogen) atoms. The molecule has 0 atom stereocenters. The van der Waals surface area contributed by atoms with Crippen molar-refractivity contribution in [3.05, 3.63) is 39.7 Å². The van der Waals surface area contributed by atoms with E-state index in [1.54, 1.807) is 6.07 Å². The Morgan fingerprint density at radius 2 is 1.95 bits per heavy atom. The maximum Gasteiger partial charge on any atom is 0.192 e. The maximum absolute atomic E-state index is 11.9. The van der Waals surface area contributed by atoms with Crippen molar-refractivity contribution in [1.29, 1.82) is 0 Å². The SMILES string of the molecule is CN1CCN(c2cc(Cl)cc3c(=O)ccoc23)CC1. The Labute approximate surface area is 116 Å². The zero-order chi connectivity index (χ0) is 13.4. The molecule has 1 aliphatic heterocycles. The molecule has 2 heterocycles. The Balaban J connectivity index is 2.12. The molecule has 1 aromatic carbocycles. The Bertz CT molecular complexity index is 660. The van der Waals surface area contributed by atoms with Crippen molar-refractivity contribution in [3.63, 3.8) is 0 Å². The van der Waals surface area contributed by atoms with Crippen LogP contribution in [0.5, 0.6) is 0 Å². The van der Waals surface area contributed by atoms with Gasteiger partial charge < -0.3 is 14.2 Å². The quantitative estimate of drug-likeness (QED) is 0.801. The summed E-state index contributed by atoms with van der Waals surface area (Å²) in [5, 5.41) is 1.11. The van der Waals surface area contributed by atoms with Gasteiger partial charge in [-0.1, -0.05) is 11.6 Å². The molecule has 100 valence electrons. The first-order chi connectivity index (χ1) is 9.15. The Morgan fingerprint density at radius 1 is 1.21 bits per heavy atom. The molecule has 0 N–H and O–H groups in total. The van der Waals surface area contributed by atoms with Gasteiger partial charge in [-0.2, -0.15) is 0 Å². The highest BCUT2D eigenvalue weighted by Gasteiger charge is 2.18. The van der Waals surface area contributed by atoms with Crippen molar-refractivity contribution in [3.8, 4) is 0 Å². The van der Waals surface area contributed by atoms with Gasteiger partial charge in [0.25, 0.3) is 0 Å². The number of hydrogen-bond acceptors (Lipinski definition) is 4. The van der Waals surface area contributed by atoms with Crippen molar-refractivity contribution in [2.45, 2.75) is 0 Å². The average Bonchev–Trinajstić information content (AvgIpc) is 2.40. The van der Waals surface area contributed by atoms with Gasteiger partial charge in [0.05, 0.1) is 17.3 Å². The fourth-order valence-electron chi connectivity index (χ4n) is 2.42. The average molecular weight is 279 g/mol. The minimum Gasteiger partial charge on any atom is -0.462 e. The fourth-order valence-corrected chi connectivity index (χ4v) is 2.63. The van der Waals surface area contributed by atoms with E-state index in [-0.39, 0.29) is 5.43 Å². The number of rotatable bonds is 1. The van der Waals surface area contributed by atoms with Crippen LogP contribution in [-0.4, -0.2) is 38.1 Å². The molecule has 2 aromatic rings. The minimum atomic E-state index is -0.0564. The third-order valence-corrected chi connectivity index (χ3v) is 3.77. The van der Waals surface area contributed by atoms with Gasteiger partial charge in [0.1, 0.15) is 0 Å². The number of benzene rings is 1. The monoisotopic (exact) mass is 278 g/mol. The molecule has 0 amide bonds. The lowest BCUT2D eigenvalue weighted by atomic mass is 10.1. The lowest BCUT2D eigenvalue weighted by molar-refractivity contribution is 0.313. The van der Waals surface area contributed by atoms with Gasteiger partial charge in [0.2, 0.25) is 0 Å². The predicted octanol–water partition coefficient (Wildman–Crippen LogP) is 2.20. The normalized spacial score (nSPS) is 17.1. The molecule has 1 aliphatic rings. The molecule has 4 nitrogen and oxygen atoms in total. The van der Waals surface area contributed by atoms with Crippen molar-refractivity contribution < 1.29 is 4.42 Å². The third-order valence-electron chi connectivity index (χ3n) is 3.55. The van der Waals surface area contributed by atoms with Gasteiger partial charge in [-0.3, -0.25) is 4.79 Å². The van der Waals surface area contributed by atoms with E-state index < -0.39 is 0 Å². The van der Waals surface area contributed by atoms with E-state index in [4.69, 9.17) is 16.0 Å². The summed E-state index contributed by atoms with van der Waals surface area (Å²) < 4.78 is 5.54. The molecule has 1 aromatic heterocycles. The van der Waals surface area contributed by atoms with Crippen LogP contribution < -0.4 is 10.3 Å². The van der Waals surface area contributed by atoms with Crippen LogP contribution in [0.25, 0.3) is 11.0 Å². The lowest BCUT2D eigenvalue weighted by Gasteiger charge is -2.34. The molecule has 0 radical (unpaired) electrons. The first-order valence-electron chi connectivity index (χ1n) is 6.30. The number of likely N-dealkylation sites (N-methyl/N-ethyl adjacent to an activating group) is 1. The highest BCUT2D eigenvalue weighted by atomic mass is 35.5. The summed E-state index contributed by atoms with van der Waals surface area (Å²) in [5.74, 6) is 0. The zero-order valence-corrected chi connectivity index (χ0v) is 11.5. The second-order valence-electron chi connectivity index (χ2n) is 4.88. The summed E-state index contributed by atoms with van der Waals surface area (Å²) in [6.07, 6.45) is 1.44. The van der Waals surface area contributed by atoms with Gasteiger partial charge in [-0.15, -0.1) is 0 Å². The standard InChI is InChI=1S/C14H15ClN2O2/c1-16-3-5-17(6-4-16)12-9-10(15)8-11-13(18)2-7-19-14(11)12/h2,7-9H,3-6H2,1H3. The lowest BCUT2D eigenvalue weighted by Crippen LogP contribution is -2.44. The van der Waals surface area contributed by atoms with E-state index in [1.807, 2.05) is 6.07 Å². The van der Waals surface area contributed by atoms with Crippen molar-refractivity contribution in [2.24, 2.45) is 0 Å². The predicted molar refractivity (Wildman–Crippen MR) is 77.2 cm³/mol. The van der Waals surface area contributed by atoms with Crippen LogP contribution in [0.15, 0.2) is 33.7 Å². The van der Waals surface area contributed by atoms with Crippen molar-refractivity contribution >= 4 is 28.3 Å². The highest BCUT2D eigenvalue weighted by Crippen LogP contribution is 2.29. The van der Waals surface area contributed by atoms with Gasteiger partial charge in [-0.25, -0.2) is 0 Å². The van der Waals surface area contributed by atoms with Gasteiger partial charge in [0.15, 0.2) is 11.0 Å². The molecule has 1 fully saturated rings. The van der Waals surface area contributed by atoms with E-state index in [1.165, 1.54) is 12.3 Å². The van der Waals surface area contributed by atoms with Crippen LogP contribution in [0.4, 0.5) is 5.69 Å². The summed E-state index contributed by atoms with van der Waals surface area (Å²) in [6, 6.07) is 4.97. The number of halogens is 1. The van der Waals surface area contributed by atoms with E-state index in [2.05, 4.69) is 16.8 Å². The largest absolute Gasteiger partial charge is 0.462 e. The number of piperazine rings is 1. The van der Waals surface area contributed by atoms with Gasteiger partial charge >= 0.3 is 0 Å². The zero-order valence-electron chi connectivity index (χ0n) is 10.7. The topological polar surface area (TPSA) is 36.7 Å². The molecule has 1 saturated heterocycles. The molecule has 0 unspecified atom stereocenters. The number of anilines is 1. The summed E-state index contributed by atoms with van der Waals surface area (Å²) in [6.45, 7) is 3.80. The second kappa shape index (κ2) is 4.87. The van der Waals surface area contributed by atoms with Crippen LogP contribution in [0.3, 0.4) is 0 Å². The maximum atomic E-state index is 11.9. The van der Waals surface area contributed by atoms with Crippen LogP contribution in [0.2, 0.25) is 5.02 Å². The summed E-state index contributed by atoms with van der Waals surface area (Å²) in [4.78, 5) is 16.4. The van der Waals surface area contributed by atoms with E-state index in [9.17, 15) is 4.79 Å². The number of hydrogen-bond donors (Lipinski definition) is 0. The molecular weight excluding hydrogens is 264 g/mol. The first kappa shape index (κ1) is 12.5. The molecule has 0 saturated carbocycles. The molecule has 0 spiro atoms. The Kier molecular flexibility index (Phi) is 3.21. The van der Waals surface area contributed by atoms with Crippen molar-refractivity contribution in [2.75, 3.05) is 38.1 Å². The summed E-state index contributed by atoms with van der Waals surface area (Å²) in [7, 11) is 2.10. The van der Waals surface area contributed by atoms with E-state index in [0.717, 1.165) is 31.9 Å². The molecule has 5 heteroatoms. The van der Waals surface area contributed by atoms with Gasteiger partial charge in [0, 0.05) is 37.3 Å². The van der Waals surface area contributed by atoms with Crippen LogP contribution in [-0.2, 0) is 0 Å². The third kappa shape index (κ3) is 2.33. The summed E-state index contributed by atoms with van der Waals surface area (Å²) in [5.41, 5.74) is 1.48. The number of nitrogens with zero attached hydrogens (tertiary/aromatic N) is 2. The minimum absolute atomic E-state index is 0.0564. The fraction of sp³-hybridized carbons (Fsp3) is 0.357. The second-order valence-corrected chi connectivity index (χ2v) is 5.31. The molecule has 0 aliphatic carbocycles.